The van der Waals surface area contributed by atoms with Crippen LogP contribution >= 0.6 is 11.8 Å². The van der Waals surface area contributed by atoms with Crippen LogP contribution in [0.5, 0.6) is 0 Å². The lowest BCUT2D eigenvalue weighted by Gasteiger charge is -1.96. The minimum atomic E-state index is -0.217. The van der Waals surface area contributed by atoms with Gasteiger partial charge < -0.3 is 5.32 Å². The van der Waals surface area contributed by atoms with Gasteiger partial charge in [0.2, 0.25) is 0 Å². The van der Waals surface area contributed by atoms with Crippen molar-refractivity contribution in [3.05, 3.63) is 59.7 Å². The molecule has 2 aromatic carbocycles. The SMILES string of the molecule is CSc1ccc(C=NN=C2C(=O)Nc3ccccc32)cc1. The highest BCUT2D eigenvalue weighted by Crippen LogP contribution is 2.22. The molecule has 0 bridgehead atoms. The fourth-order valence-electron chi connectivity index (χ4n) is 2.04. The first-order chi connectivity index (χ1) is 10.3. The van der Waals surface area contributed by atoms with E-state index in [4.69, 9.17) is 0 Å². The summed E-state index contributed by atoms with van der Waals surface area (Å²) in [5.74, 6) is -0.217. The van der Waals surface area contributed by atoms with Crippen molar-refractivity contribution >= 4 is 35.3 Å². The Kier molecular flexibility index (Phi) is 3.83. The number of amides is 1. The third kappa shape index (κ3) is 2.87. The first-order valence-electron chi connectivity index (χ1n) is 6.44. The molecule has 0 aromatic heterocycles. The van der Waals surface area contributed by atoms with E-state index in [1.165, 1.54) is 4.90 Å². The Bertz CT molecular complexity index is 735. The van der Waals surface area contributed by atoms with Gasteiger partial charge in [-0.25, -0.2) is 0 Å². The Morgan fingerprint density at radius 1 is 1.10 bits per heavy atom. The van der Waals surface area contributed by atoms with Crippen LogP contribution in [0.25, 0.3) is 0 Å². The van der Waals surface area contributed by atoms with Crippen LogP contribution in [0.4, 0.5) is 5.69 Å². The summed E-state index contributed by atoms with van der Waals surface area (Å²) in [6.45, 7) is 0. The zero-order chi connectivity index (χ0) is 14.7. The molecule has 0 saturated heterocycles. The fraction of sp³-hybridized carbons (Fsp3) is 0.0625. The van der Waals surface area contributed by atoms with Crippen molar-refractivity contribution in [3.8, 4) is 0 Å². The number of nitrogens with zero attached hydrogens (tertiary/aromatic N) is 2. The van der Waals surface area contributed by atoms with Gasteiger partial charge in [-0.3, -0.25) is 4.79 Å². The predicted octanol–water partition coefficient (Wildman–Crippen LogP) is 3.18. The Balaban J connectivity index is 1.82. The zero-order valence-corrected chi connectivity index (χ0v) is 12.2. The Labute approximate surface area is 127 Å². The quantitative estimate of drug-likeness (QED) is 0.537. The molecule has 104 valence electrons. The number of hydrogen-bond donors (Lipinski definition) is 1. The molecule has 1 N–H and O–H groups in total. The molecule has 0 saturated carbocycles. The van der Waals surface area contributed by atoms with E-state index >= 15 is 0 Å². The molecule has 21 heavy (non-hydrogen) atoms. The van der Waals surface area contributed by atoms with Gasteiger partial charge in [0.05, 0.1) is 11.9 Å². The maximum absolute atomic E-state index is 11.8. The molecule has 1 amide bonds. The van der Waals surface area contributed by atoms with Crippen molar-refractivity contribution in [1.82, 2.24) is 0 Å². The molecule has 0 unspecified atom stereocenters. The van der Waals surface area contributed by atoms with Crippen molar-refractivity contribution in [2.24, 2.45) is 10.2 Å². The molecule has 3 rings (SSSR count). The second-order valence-corrected chi connectivity index (χ2v) is 5.35. The Hall–Kier alpha value is -2.40. The normalized spacial score (nSPS) is 15.5. The van der Waals surface area contributed by atoms with Gasteiger partial charge in [0.15, 0.2) is 5.71 Å². The molecular formula is C16H13N3OS. The molecule has 0 atom stereocenters. The largest absolute Gasteiger partial charge is 0.320 e. The van der Waals surface area contributed by atoms with Crippen LogP contribution in [0.1, 0.15) is 11.1 Å². The molecule has 1 aliphatic heterocycles. The highest BCUT2D eigenvalue weighted by Gasteiger charge is 2.25. The lowest BCUT2D eigenvalue weighted by atomic mass is 10.1. The van der Waals surface area contributed by atoms with Gasteiger partial charge in [-0.2, -0.15) is 5.10 Å². The number of rotatable bonds is 3. The van der Waals surface area contributed by atoms with Gasteiger partial charge in [-0.1, -0.05) is 30.3 Å². The van der Waals surface area contributed by atoms with Crippen LogP contribution in [-0.4, -0.2) is 24.1 Å². The van der Waals surface area contributed by atoms with Crippen LogP contribution in [0.15, 0.2) is 63.6 Å². The smallest absolute Gasteiger partial charge is 0.276 e. The number of benzene rings is 2. The summed E-state index contributed by atoms with van der Waals surface area (Å²) in [6, 6.07) is 15.4. The minimum absolute atomic E-state index is 0.217. The van der Waals surface area contributed by atoms with E-state index in [9.17, 15) is 4.79 Å². The van der Waals surface area contributed by atoms with Gasteiger partial charge in [0, 0.05) is 10.5 Å². The molecule has 1 heterocycles. The van der Waals surface area contributed by atoms with Crippen molar-refractivity contribution in [2.45, 2.75) is 4.90 Å². The van der Waals surface area contributed by atoms with Crippen LogP contribution in [0, 0.1) is 0 Å². The summed E-state index contributed by atoms with van der Waals surface area (Å²) in [6.07, 6.45) is 3.68. The highest BCUT2D eigenvalue weighted by molar-refractivity contribution is 7.98. The second kappa shape index (κ2) is 5.93. The second-order valence-electron chi connectivity index (χ2n) is 4.47. The standard InChI is InChI=1S/C16H13N3OS/c1-21-12-8-6-11(7-9-12)10-17-19-15-13-4-2-3-5-14(13)18-16(15)20/h2-10H,1H3,(H,18,19,20). The maximum atomic E-state index is 11.8. The van der Waals surface area contributed by atoms with Gasteiger partial charge in [0.25, 0.3) is 5.91 Å². The predicted molar refractivity (Wildman–Crippen MR) is 87.4 cm³/mol. The van der Waals surface area contributed by atoms with Crippen molar-refractivity contribution in [3.63, 3.8) is 0 Å². The molecule has 5 heteroatoms. The number of hydrogen-bond acceptors (Lipinski definition) is 4. The summed E-state index contributed by atoms with van der Waals surface area (Å²) in [5.41, 5.74) is 2.87. The van der Waals surface area contributed by atoms with Crippen LogP contribution in [0.3, 0.4) is 0 Å². The van der Waals surface area contributed by atoms with Crippen molar-refractivity contribution in [2.75, 3.05) is 11.6 Å². The first-order valence-corrected chi connectivity index (χ1v) is 7.66. The topological polar surface area (TPSA) is 53.8 Å². The number of carbonyl (C=O) groups excluding carboxylic acids is 1. The van der Waals surface area contributed by atoms with E-state index in [0.717, 1.165) is 16.8 Å². The van der Waals surface area contributed by atoms with E-state index in [1.54, 1.807) is 18.0 Å². The third-order valence-electron chi connectivity index (χ3n) is 3.13. The van der Waals surface area contributed by atoms with Gasteiger partial charge >= 0.3 is 0 Å². The summed E-state index contributed by atoms with van der Waals surface area (Å²) >= 11 is 1.69. The van der Waals surface area contributed by atoms with Crippen molar-refractivity contribution in [1.29, 1.82) is 0 Å². The summed E-state index contributed by atoms with van der Waals surface area (Å²) < 4.78 is 0. The number of thioether (sulfide) groups is 1. The van der Waals surface area contributed by atoms with E-state index in [1.807, 2.05) is 54.8 Å². The Morgan fingerprint density at radius 2 is 1.86 bits per heavy atom. The van der Waals surface area contributed by atoms with Crippen LogP contribution in [0.2, 0.25) is 0 Å². The average Bonchev–Trinajstić information content (AvgIpc) is 2.84. The van der Waals surface area contributed by atoms with Gasteiger partial charge in [0.1, 0.15) is 0 Å². The van der Waals surface area contributed by atoms with Crippen LogP contribution in [-0.2, 0) is 4.79 Å². The van der Waals surface area contributed by atoms with Crippen LogP contribution < -0.4 is 5.32 Å². The molecule has 0 aliphatic carbocycles. The minimum Gasteiger partial charge on any atom is -0.320 e. The average molecular weight is 295 g/mol. The van der Waals surface area contributed by atoms with Gasteiger partial charge in [-0.15, -0.1) is 16.9 Å². The Morgan fingerprint density at radius 3 is 2.62 bits per heavy atom. The number of anilines is 1. The number of para-hydroxylation sites is 1. The van der Waals surface area contributed by atoms with Gasteiger partial charge in [-0.05, 0) is 30.0 Å². The molecule has 0 spiro atoms. The summed E-state index contributed by atoms with van der Waals surface area (Å²) in [7, 11) is 0. The third-order valence-corrected chi connectivity index (χ3v) is 3.87. The molecule has 4 nitrogen and oxygen atoms in total. The molecular weight excluding hydrogens is 282 g/mol. The zero-order valence-electron chi connectivity index (χ0n) is 11.4. The molecule has 1 aliphatic rings. The molecule has 0 radical (unpaired) electrons. The van der Waals surface area contributed by atoms with E-state index in [-0.39, 0.29) is 5.91 Å². The van der Waals surface area contributed by atoms with E-state index < -0.39 is 0 Å². The number of fused-ring (bicyclic) bond motifs is 1. The monoisotopic (exact) mass is 295 g/mol. The number of carbonyl (C=O) groups is 1. The summed E-state index contributed by atoms with van der Waals surface area (Å²) in [4.78, 5) is 13.0. The molecule has 0 fully saturated rings. The lowest BCUT2D eigenvalue weighted by molar-refractivity contribution is -0.110. The first kappa shape index (κ1) is 13.6. The maximum Gasteiger partial charge on any atom is 0.276 e. The van der Waals surface area contributed by atoms with Crippen molar-refractivity contribution < 1.29 is 4.79 Å². The fourth-order valence-corrected chi connectivity index (χ4v) is 2.45. The van der Waals surface area contributed by atoms with E-state index in [0.29, 0.717) is 5.71 Å². The molecule has 2 aromatic rings. The lowest BCUT2D eigenvalue weighted by Crippen LogP contribution is -2.13. The van der Waals surface area contributed by atoms with E-state index in [2.05, 4.69) is 15.5 Å². The number of nitrogens with one attached hydrogen (secondary N) is 1. The summed E-state index contributed by atoms with van der Waals surface area (Å²) in [5, 5.41) is 10.8. The highest BCUT2D eigenvalue weighted by atomic mass is 32.2.